The molecule has 4 rings (SSSR count). The number of ether oxygens (including phenoxy) is 3. The molecule has 2 aliphatic rings. The normalized spacial score (nSPS) is 18.2. The van der Waals surface area contributed by atoms with E-state index in [2.05, 4.69) is 12.1 Å². The van der Waals surface area contributed by atoms with Crippen molar-refractivity contribution in [3.63, 3.8) is 0 Å². The molecule has 0 aromatic heterocycles. The van der Waals surface area contributed by atoms with Crippen molar-refractivity contribution in [2.45, 2.75) is 31.7 Å². The lowest BCUT2D eigenvalue weighted by molar-refractivity contribution is -0.132. The number of hydrogen-bond acceptors (Lipinski definition) is 4. The molecule has 1 saturated heterocycles. The summed E-state index contributed by atoms with van der Waals surface area (Å²) < 4.78 is 16.0. The van der Waals surface area contributed by atoms with Crippen molar-refractivity contribution < 1.29 is 19.0 Å². The molecule has 0 spiro atoms. The molecule has 0 saturated carbocycles. The molecule has 136 valence electrons. The van der Waals surface area contributed by atoms with Crippen LogP contribution in [0.3, 0.4) is 0 Å². The van der Waals surface area contributed by atoms with E-state index < -0.39 is 0 Å². The number of methoxy groups -OCH3 is 1. The molecule has 26 heavy (non-hydrogen) atoms. The summed E-state index contributed by atoms with van der Waals surface area (Å²) in [7, 11) is 1.66. The van der Waals surface area contributed by atoms with Crippen LogP contribution in [0.25, 0.3) is 0 Å². The highest BCUT2D eigenvalue weighted by Gasteiger charge is 2.29. The lowest BCUT2D eigenvalue weighted by Gasteiger charge is -2.25. The monoisotopic (exact) mass is 353 g/mol. The summed E-state index contributed by atoms with van der Waals surface area (Å²) in [5, 5.41) is 0. The number of likely N-dealkylation sites (tertiary alicyclic amines) is 1. The standard InChI is InChI=1S/C21H23NO4/c1-24-17-8-6-16(7-9-17)18-3-2-12-22(18)21(23)11-5-15-4-10-19-20(13-15)26-14-25-19/h4,6-10,13,18H,2-3,5,11-12,14H2,1H3. The topological polar surface area (TPSA) is 48.0 Å². The molecule has 2 aromatic rings. The summed E-state index contributed by atoms with van der Waals surface area (Å²) in [5.74, 6) is 2.60. The van der Waals surface area contributed by atoms with Crippen molar-refractivity contribution in [3.05, 3.63) is 53.6 Å². The number of carbonyl (C=O) groups excluding carboxylic acids is 1. The van der Waals surface area contributed by atoms with Gasteiger partial charge < -0.3 is 19.1 Å². The molecule has 1 amide bonds. The highest BCUT2D eigenvalue weighted by molar-refractivity contribution is 5.77. The van der Waals surface area contributed by atoms with Crippen LogP contribution in [0.1, 0.15) is 36.4 Å². The fourth-order valence-corrected chi connectivity index (χ4v) is 3.73. The van der Waals surface area contributed by atoms with E-state index >= 15 is 0 Å². The van der Waals surface area contributed by atoms with E-state index in [0.29, 0.717) is 12.8 Å². The van der Waals surface area contributed by atoms with Crippen LogP contribution in [0.5, 0.6) is 17.2 Å². The molecule has 5 nitrogen and oxygen atoms in total. The summed E-state index contributed by atoms with van der Waals surface area (Å²) >= 11 is 0. The molecule has 5 heteroatoms. The highest BCUT2D eigenvalue weighted by atomic mass is 16.7. The number of aryl methyl sites for hydroxylation is 1. The number of amides is 1. The fourth-order valence-electron chi connectivity index (χ4n) is 3.73. The van der Waals surface area contributed by atoms with Crippen LogP contribution in [-0.4, -0.2) is 31.3 Å². The van der Waals surface area contributed by atoms with Gasteiger partial charge in [0.15, 0.2) is 11.5 Å². The molecule has 1 unspecified atom stereocenters. The number of hydrogen-bond donors (Lipinski definition) is 0. The summed E-state index contributed by atoms with van der Waals surface area (Å²) in [6, 6.07) is 14.1. The Morgan fingerprint density at radius 2 is 1.96 bits per heavy atom. The van der Waals surface area contributed by atoms with E-state index in [1.807, 2.05) is 35.2 Å². The number of rotatable bonds is 5. The van der Waals surface area contributed by atoms with Gasteiger partial charge in [-0.25, -0.2) is 0 Å². The minimum Gasteiger partial charge on any atom is -0.497 e. The van der Waals surface area contributed by atoms with Gasteiger partial charge >= 0.3 is 0 Å². The van der Waals surface area contributed by atoms with E-state index in [1.54, 1.807) is 7.11 Å². The third-order valence-electron chi connectivity index (χ3n) is 5.14. The highest BCUT2D eigenvalue weighted by Crippen LogP contribution is 2.35. The number of carbonyl (C=O) groups is 1. The van der Waals surface area contributed by atoms with Crippen molar-refractivity contribution in [3.8, 4) is 17.2 Å². The molecule has 2 heterocycles. The zero-order chi connectivity index (χ0) is 17.9. The maximum absolute atomic E-state index is 12.8. The number of fused-ring (bicyclic) bond motifs is 1. The van der Waals surface area contributed by atoms with Gasteiger partial charge in [-0.15, -0.1) is 0 Å². The molecular formula is C21H23NO4. The van der Waals surface area contributed by atoms with E-state index in [0.717, 1.165) is 42.2 Å². The zero-order valence-electron chi connectivity index (χ0n) is 14.9. The Labute approximate surface area is 153 Å². The lowest BCUT2D eigenvalue weighted by atomic mass is 10.0. The Morgan fingerprint density at radius 1 is 1.15 bits per heavy atom. The van der Waals surface area contributed by atoms with Crippen molar-refractivity contribution in [1.82, 2.24) is 4.90 Å². The van der Waals surface area contributed by atoms with Gasteiger partial charge in [-0.1, -0.05) is 18.2 Å². The number of benzene rings is 2. The smallest absolute Gasteiger partial charge is 0.231 e. The molecule has 2 aliphatic heterocycles. The first-order valence-electron chi connectivity index (χ1n) is 9.06. The second-order valence-corrected chi connectivity index (χ2v) is 6.71. The van der Waals surface area contributed by atoms with Crippen LogP contribution in [0.4, 0.5) is 0 Å². The Balaban J connectivity index is 1.40. The SMILES string of the molecule is COc1ccc(C2CCCN2C(=O)CCc2ccc3c(c2)OCO3)cc1. The van der Waals surface area contributed by atoms with Gasteiger partial charge in [0.25, 0.3) is 0 Å². The minimum atomic E-state index is 0.171. The average molecular weight is 353 g/mol. The van der Waals surface area contributed by atoms with Gasteiger partial charge in [-0.3, -0.25) is 4.79 Å². The first kappa shape index (κ1) is 16.8. The van der Waals surface area contributed by atoms with Crippen LogP contribution in [-0.2, 0) is 11.2 Å². The third-order valence-corrected chi connectivity index (χ3v) is 5.14. The quantitative estimate of drug-likeness (QED) is 0.822. The third kappa shape index (κ3) is 3.34. The molecular weight excluding hydrogens is 330 g/mol. The zero-order valence-corrected chi connectivity index (χ0v) is 14.9. The predicted molar refractivity (Wildman–Crippen MR) is 97.6 cm³/mol. The Kier molecular flexibility index (Phi) is 4.69. The van der Waals surface area contributed by atoms with Crippen LogP contribution in [0.15, 0.2) is 42.5 Å². The maximum atomic E-state index is 12.8. The van der Waals surface area contributed by atoms with Gasteiger partial charge in [-0.2, -0.15) is 0 Å². The van der Waals surface area contributed by atoms with E-state index in [9.17, 15) is 4.79 Å². The average Bonchev–Trinajstić information content (AvgIpc) is 3.35. The van der Waals surface area contributed by atoms with Crippen LogP contribution < -0.4 is 14.2 Å². The van der Waals surface area contributed by atoms with Crippen LogP contribution in [0, 0.1) is 0 Å². The Hall–Kier alpha value is -2.69. The molecule has 0 aliphatic carbocycles. The molecule has 0 bridgehead atoms. The molecule has 0 N–H and O–H groups in total. The first-order valence-corrected chi connectivity index (χ1v) is 9.06. The predicted octanol–water partition coefficient (Wildman–Crippen LogP) is 3.72. The lowest BCUT2D eigenvalue weighted by Crippen LogP contribution is -2.30. The summed E-state index contributed by atoms with van der Waals surface area (Å²) in [6.07, 6.45) is 3.28. The van der Waals surface area contributed by atoms with E-state index in [-0.39, 0.29) is 18.7 Å². The van der Waals surface area contributed by atoms with Gasteiger partial charge in [-0.05, 0) is 54.7 Å². The van der Waals surface area contributed by atoms with Crippen LogP contribution in [0.2, 0.25) is 0 Å². The molecule has 2 aromatic carbocycles. The van der Waals surface area contributed by atoms with Crippen molar-refractivity contribution in [2.75, 3.05) is 20.4 Å². The van der Waals surface area contributed by atoms with E-state index in [1.165, 1.54) is 5.56 Å². The van der Waals surface area contributed by atoms with Crippen molar-refractivity contribution in [1.29, 1.82) is 0 Å². The summed E-state index contributed by atoms with van der Waals surface area (Å²) in [4.78, 5) is 14.8. The molecule has 1 atom stereocenters. The second kappa shape index (κ2) is 7.28. The summed E-state index contributed by atoms with van der Waals surface area (Å²) in [5.41, 5.74) is 2.28. The second-order valence-electron chi connectivity index (χ2n) is 6.71. The van der Waals surface area contributed by atoms with Gasteiger partial charge in [0.05, 0.1) is 13.2 Å². The molecule has 0 radical (unpaired) electrons. The van der Waals surface area contributed by atoms with Gasteiger partial charge in [0.1, 0.15) is 5.75 Å². The number of nitrogens with zero attached hydrogens (tertiary/aromatic N) is 1. The minimum absolute atomic E-state index is 0.171. The Morgan fingerprint density at radius 3 is 2.77 bits per heavy atom. The maximum Gasteiger partial charge on any atom is 0.231 e. The van der Waals surface area contributed by atoms with Gasteiger partial charge in [0.2, 0.25) is 12.7 Å². The summed E-state index contributed by atoms with van der Waals surface area (Å²) in [6.45, 7) is 1.10. The van der Waals surface area contributed by atoms with Gasteiger partial charge in [0, 0.05) is 13.0 Å². The van der Waals surface area contributed by atoms with E-state index in [4.69, 9.17) is 14.2 Å². The first-order chi connectivity index (χ1) is 12.7. The Bertz CT molecular complexity index is 787. The largest absolute Gasteiger partial charge is 0.497 e. The van der Waals surface area contributed by atoms with Crippen LogP contribution >= 0.6 is 0 Å². The fraction of sp³-hybridized carbons (Fsp3) is 0.381. The van der Waals surface area contributed by atoms with Crippen molar-refractivity contribution >= 4 is 5.91 Å². The van der Waals surface area contributed by atoms with Crippen molar-refractivity contribution in [2.24, 2.45) is 0 Å². The molecule has 1 fully saturated rings.